The molecule has 5 nitrogen and oxygen atoms in total. The lowest BCUT2D eigenvalue weighted by molar-refractivity contribution is 0.0746. The van der Waals surface area contributed by atoms with E-state index >= 15 is 0 Å². The fraction of sp³-hybridized carbons (Fsp3) is 0.273. The summed E-state index contributed by atoms with van der Waals surface area (Å²) in [6.07, 6.45) is 2.46. The largest absolute Gasteiger partial charge is 0.366 e. The van der Waals surface area contributed by atoms with Gasteiger partial charge in [0.1, 0.15) is 5.82 Å². The Hall–Kier alpha value is -2.70. The Kier molecular flexibility index (Phi) is 5.65. The highest BCUT2D eigenvalue weighted by Crippen LogP contribution is 2.35. The van der Waals surface area contributed by atoms with Crippen molar-refractivity contribution in [1.29, 1.82) is 0 Å². The molecule has 7 heteroatoms. The molecule has 1 aliphatic heterocycles. The number of piperazine rings is 1. The van der Waals surface area contributed by atoms with Gasteiger partial charge in [-0.2, -0.15) is 0 Å². The number of halogens is 2. The van der Waals surface area contributed by atoms with Crippen LogP contribution >= 0.6 is 11.6 Å². The van der Waals surface area contributed by atoms with Gasteiger partial charge in [-0.25, -0.2) is 4.39 Å². The predicted molar refractivity (Wildman–Crippen MR) is 114 cm³/mol. The smallest absolute Gasteiger partial charge is 0.254 e. The quantitative estimate of drug-likeness (QED) is 0.712. The second-order valence-corrected chi connectivity index (χ2v) is 7.50. The second kappa shape index (κ2) is 8.35. The fourth-order valence-corrected chi connectivity index (χ4v) is 4.16. The molecule has 0 unspecified atom stereocenters. The van der Waals surface area contributed by atoms with Crippen LogP contribution in [0, 0.1) is 5.82 Å². The number of nitrogens with two attached hydrogens (primary N) is 1. The van der Waals surface area contributed by atoms with Gasteiger partial charge in [-0.15, -0.1) is 0 Å². The summed E-state index contributed by atoms with van der Waals surface area (Å²) < 4.78 is 13.5. The molecule has 0 saturated carbocycles. The number of pyridine rings is 1. The minimum absolute atomic E-state index is 0.148. The summed E-state index contributed by atoms with van der Waals surface area (Å²) in [6.45, 7) is 2.93. The average Bonchev–Trinajstić information content (AvgIpc) is 2.74. The Morgan fingerprint density at radius 1 is 1.14 bits per heavy atom. The first kappa shape index (κ1) is 19.6. The van der Waals surface area contributed by atoms with E-state index in [9.17, 15) is 9.18 Å². The van der Waals surface area contributed by atoms with Crippen LogP contribution in [0.2, 0.25) is 5.02 Å². The SMILES string of the molecule is NCCc1cc(Cl)c2cccnc2c1N1CCN(C(=O)c2cccc(F)c2)CC1. The molecule has 1 saturated heterocycles. The van der Waals surface area contributed by atoms with Crippen molar-refractivity contribution in [3.05, 3.63) is 70.6 Å². The summed E-state index contributed by atoms with van der Waals surface area (Å²) in [5.74, 6) is -0.551. The molecule has 2 N–H and O–H groups in total. The first-order valence-corrected chi connectivity index (χ1v) is 10.0. The van der Waals surface area contributed by atoms with Crippen LogP contribution in [-0.2, 0) is 6.42 Å². The summed E-state index contributed by atoms with van der Waals surface area (Å²) in [5, 5.41) is 1.57. The molecule has 2 heterocycles. The van der Waals surface area contributed by atoms with E-state index in [1.54, 1.807) is 23.2 Å². The third kappa shape index (κ3) is 3.91. The molecule has 29 heavy (non-hydrogen) atoms. The lowest BCUT2D eigenvalue weighted by Gasteiger charge is -2.37. The van der Waals surface area contributed by atoms with Crippen molar-refractivity contribution in [2.24, 2.45) is 5.73 Å². The topological polar surface area (TPSA) is 62.5 Å². The molecule has 0 aliphatic carbocycles. The number of aromatic nitrogens is 1. The number of hydrogen-bond acceptors (Lipinski definition) is 4. The van der Waals surface area contributed by atoms with Gasteiger partial charge in [0, 0.05) is 43.3 Å². The molecule has 1 aromatic heterocycles. The summed E-state index contributed by atoms with van der Waals surface area (Å²) in [6, 6.07) is 11.6. The van der Waals surface area contributed by atoms with Gasteiger partial charge in [0.2, 0.25) is 0 Å². The summed E-state index contributed by atoms with van der Waals surface area (Å²) in [7, 11) is 0. The molecule has 150 valence electrons. The van der Waals surface area contributed by atoms with E-state index in [4.69, 9.17) is 17.3 Å². The maximum atomic E-state index is 13.5. The van der Waals surface area contributed by atoms with E-state index in [1.165, 1.54) is 12.1 Å². The van der Waals surface area contributed by atoms with Crippen LogP contribution < -0.4 is 10.6 Å². The molecule has 2 aromatic carbocycles. The summed E-state index contributed by atoms with van der Waals surface area (Å²) >= 11 is 6.47. The van der Waals surface area contributed by atoms with E-state index in [0.717, 1.165) is 22.2 Å². The molecular formula is C22H22ClFN4O. The van der Waals surface area contributed by atoms with Gasteiger partial charge in [-0.1, -0.05) is 17.7 Å². The summed E-state index contributed by atoms with van der Waals surface area (Å²) in [5.41, 5.74) is 9.16. The fourth-order valence-electron chi connectivity index (χ4n) is 3.87. The number of rotatable bonds is 4. The molecule has 1 amide bonds. The van der Waals surface area contributed by atoms with Crippen LogP contribution in [0.1, 0.15) is 15.9 Å². The molecule has 0 spiro atoms. The number of nitrogens with zero attached hydrogens (tertiary/aromatic N) is 3. The second-order valence-electron chi connectivity index (χ2n) is 7.09. The van der Waals surface area contributed by atoms with Crippen molar-refractivity contribution in [3.63, 3.8) is 0 Å². The molecule has 1 fully saturated rings. The Balaban J connectivity index is 1.60. The molecule has 0 atom stereocenters. The standard InChI is InChI=1S/C22H22ClFN4O/c23-19-14-15(6-7-25)21(20-18(19)5-2-8-26-20)27-9-11-28(12-10-27)22(29)16-3-1-4-17(24)13-16/h1-5,8,13-14H,6-7,9-12,25H2. The van der Waals surface area contributed by atoms with Gasteiger partial charge in [0.05, 0.1) is 16.2 Å². The monoisotopic (exact) mass is 412 g/mol. The average molecular weight is 413 g/mol. The van der Waals surface area contributed by atoms with Crippen LogP contribution in [0.4, 0.5) is 10.1 Å². The highest BCUT2D eigenvalue weighted by molar-refractivity contribution is 6.36. The lowest BCUT2D eigenvalue weighted by atomic mass is 10.0. The van der Waals surface area contributed by atoms with Gasteiger partial charge in [0.15, 0.2) is 0 Å². The zero-order valence-electron chi connectivity index (χ0n) is 15.9. The van der Waals surface area contributed by atoms with Crippen molar-refractivity contribution in [1.82, 2.24) is 9.88 Å². The van der Waals surface area contributed by atoms with Crippen molar-refractivity contribution in [3.8, 4) is 0 Å². The van der Waals surface area contributed by atoms with Crippen molar-refractivity contribution < 1.29 is 9.18 Å². The molecule has 0 radical (unpaired) electrons. The number of anilines is 1. The van der Waals surface area contributed by atoms with E-state index < -0.39 is 5.82 Å². The van der Waals surface area contributed by atoms with Crippen LogP contribution in [-0.4, -0.2) is 48.5 Å². The normalized spacial score (nSPS) is 14.4. The minimum atomic E-state index is -0.403. The molecule has 3 aromatic rings. The van der Waals surface area contributed by atoms with Crippen LogP contribution in [0.15, 0.2) is 48.7 Å². The molecule has 0 bridgehead atoms. The zero-order valence-corrected chi connectivity index (χ0v) is 16.7. The number of hydrogen-bond donors (Lipinski definition) is 1. The van der Waals surface area contributed by atoms with Crippen LogP contribution in [0.25, 0.3) is 10.9 Å². The maximum absolute atomic E-state index is 13.5. The lowest BCUT2D eigenvalue weighted by Crippen LogP contribution is -2.49. The van der Waals surface area contributed by atoms with Crippen molar-refractivity contribution in [2.45, 2.75) is 6.42 Å². The predicted octanol–water partition coefficient (Wildman–Crippen LogP) is 3.49. The van der Waals surface area contributed by atoms with Gasteiger partial charge >= 0.3 is 0 Å². The van der Waals surface area contributed by atoms with Crippen molar-refractivity contribution in [2.75, 3.05) is 37.6 Å². The first-order chi connectivity index (χ1) is 14.1. The van der Waals surface area contributed by atoms with E-state index in [1.807, 2.05) is 18.2 Å². The van der Waals surface area contributed by atoms with E-state index in [-0.39, 0.29) is 5.91 Å². The maximum Gasteiger partial charge on any atom is 0.254 e. The summed E-state index contributed by atoms with van der Waals surface area (Å²) in [4.78, 5) is 21.3. The third-order valence-corrected chi connectivity index (χ3v) is 5.58. The van der Waals surface area contributed by atoms with Crippen LogP contribution in [0.5, 0.6) is 0 Å². The number of benzene rings is 2. The van der Waals surface area contributed by atoms with Gasteiger partial charge in [-0.05, 0) is 54.9 Å². The van der Waals surface area contributed by atoms with Crippen molar-refractivity contribution >= 4 is 34.1 Å². The number of amides is 1. The molecule has 4 rings (SSSR count). The number of carbonyl (C=O) groups excluding carboxylic acids is 1. The molecular weight excluding hydrogens is 391 g/mol. The Bertz CT molecular complexity index is 1050. The highest BCUT2D eigenvalue weighted by Gasteiger charge is 2.25. The Morgan fingerprint density at radius 2 is 1.93 bits per heavy atom. The molecule has 1 aliphatic rings. The Labute approximate surface area is 173 Å². The highest BCUT2D eigenvalue weighted by atomic mass is 35.5. The van der Waals surface area contributed by atoms with E-state index in [2.05, 4.69) is 9.88 Å². The van der Waals surface area contributed by atoms with Gasteiger partial charge in [0.25, 0.3) is 5.91 Å². The number of fused-ring (bicyclic) bond motifs is 1. The zero-order chi connectivity index (χ0) is 20.4. The number of carbonyl (C=O) groups is 1. The minimum Gasteiger partial charge on any atom is -0.366 e. The van der Waals surface area contributed by atoms with Crippen LogP contribution in [0.3, 0.4) is 0 Å². The first-order valence-electron chi connectivity index (χ1n) is 9.64. The van der Waals surface area contributed by atoms with E-state index in [0.29, 0.717) is 49.7 Å². The van der Waals surface area contributed by atoms with Gasteiger partial charge in [-0.3, -0.25) is 9.78 Å². The third-order valence-electron chi connectivity index (χ3n) is 5.26. The van der Waals surface area contributed by atoms with Gasteiger partial charge < -0.3 is 15.5 Å². The Morgan fingerprint density at radius 3 is 2.66 bits per heavy atom.